The van der Waals surface area contributed by atoms with Gasteiger partial charge in [-0.3, -0.25) is 4.90 Å². The van der Waals surface area contributed by atoms with E-state index in [2.05, 4.69) is 15.3 Å². The second-order valence-electron chi connectivity index (χ2n) is 7.71. The number of aromatic nitrogens is 2. The minimum absolute atomic E-state index is 0.00213. The molecule has 3 heterocycles. The van der Waals surface area contributed by atoms with Crippen LogP contribution in [-0.4, -0.2) is 40.6 Å². The molecule has 0 amide bonds. The Hall–Kier alpha value is -2.22. The minimum atomic E-state index is -4.30. The summed E-state index contributed by atoms with van der Waals surface area (Å²) < 4.78 is 46.8. The third-order valence-electron chi connectivity index (χ3n) is 5.65. The predicted molar refractivity (Wildman–Crippen MR) is 100 cm³/mol. The van der Waals surface area contributed by atoms with Crippen molar-refractivity contribution in [2.45, 2.75) is 57.0 Å². The van der Waals surface area contributed by atoms with Crippen LogP contribution >= 0.6 is 0 Å². The summed E-state index contributed by atoms with van der Waals surface area (Å²) in [5, 5.41) is 7.56. The van der Waals surface area contributed by atoms with Gasteiger partial charge in [0, 0.05) is 18.7 Å². The SMILES string of the molecule is COc1ccc(CN2CCC[C@H]2c2cc3n(n2)[C@@H](C(F)(F)F)C[C@@H](C)N3)cc1. The molecular formula is C20H25F3N4O. The molecule has 2 aliphatic heterocycles. The molecule has 1 saturated heterocycles. The van der Waals surface area contributed by atoms with Crippen LogP contribution in [0, 0.1) is 0 Å². The highest BCUT2D eigenvalue weighted by atomic mass is 19.4. The van der Waals surface area contributed by atoms with Crippen molar-refractivity contribution in [1.29, 1.82) is 0 Å². The second-order valence-corrected chi connectivity index (χ2v) is 7.71. The summed E-state index contributed by atoms with van der Waals surface area (Å²) in [6.07, 6.45) is -2.39. The first kappa shape index (κ1) is 19.1. The standard InChI is InChI=1S/C20H25F3N4O/c1-13-10-18(20(21,22)23)27-19(24-13)11-16(25-27)17-4-3-9-26(17)12-14-5-7-15(28-2)8-6-14/h5-8,11,13,17-18,24H,3-4,9-10,12H2,1-2H3/t13-,17+,18-/m1/s1. The molecule has 1 N–H and O–H groups in total. The number of anilines is 1. The number of hydrogen-bond acceptors (Lipinski definition) is 4. The van der Waals surface area contributed by atoms with Gasteiger partial charge in [-0.25, -0.2) is 4.68 Å². The molecule has 5 nitrogen and oxygen atoms in total. The van der Waals surface area contributed by atoms with Crippen LogP contribution in [0.5, 0.6) is 5.75 Å². The van der Waals surface area contributed by atoms with E-state index in [1.807, 2.05) is 24.3 Å². The zero-order valence-corrected chi connectivity index (χ0v) is 16.0. The van der Waals surface area contributed by atoms with Gasteiger partial charge in [-0.05, 0) is 50.4 Å². The molecule has 4 rings (SSSR count). The molecule has 28 heavy (non-hydrogen) atoms. The highest BCUT2D eigenvalue weighted by molar-refractivity contribution is 5.42. The van der Waals surface area contributed by atoms with Gasteiger partial charge in [0.15, 0.2) is 6.04 Å². The third kappa shape index (κ3) is 3.70. The molecule has 0 spiro atoms. The van der Waals surface area contributed by atoms with Crippen LogP contribution in [0.15, 0.2) is 30.3 Å². The largest absolute Gasteiger partial charge is 0.497 e. The second kappa shape index (κ2) is 7.31. The van der Waals surface area contributed by atoms with Crippen LogP contribution in [0.1, 0.15) is 49.5 Å². The molecule has 0 saturated carbocycles. The number of nitrogens with one attached hydrogen (secondary N) is 1. The first-order valence-corrected chi connectivity index (χ1v) is 9.65. The van der Waals surface area contributed by atoms with Crippen LogP contribution in [0.25, 0.3) is 0 Å². The molecule has 0 bridgehead atoms. The summed E-state index contributed by atoms with van der Waals surface area (Å²) in [5.74, 6) is 1.27. The number of ether oxygens (including phenoxy) is 1. The Kier molecular flexibility index (Phi) is 4.99. The number of fused-ring (bicyclic) bond motifs is 1. The summed E-state index contributed by atoms with van der Waals surface area (Å²) in [7, 11) is 1.63. The maximum Gasteiger partial charge on any atom is 0.410 e. The van der Waals surface area contributed by atoms with Gasteiger partial charge < -0.3 is 10.1 Å². The van der Waals surface area contributed by atoms with Crippen LogP contribution in [0.2, 0.25) is 0 Å². The van der Waals surface area contributed by atoms with Gasteiger partial charge in [0.05, 0.1) is 18.8 Å². The number of halogens is 3. The van der Waals surface area contributed by atoms with Crippen molar-refractivity contribution in [2.75, 3.05) is 19.0 Å². The van der Waals surface area contributed by atoms with Crippen molar-refractivity contribution in [3.05, 3.63) is 41.6 Å². The zero-order chi connectivity index (χ0) is 19.9. The Morgan fingerprint density at radius 3 is 2.68 bits per heavy atom. The topological polar surface area (TPSA) is 42.3 Å². The van der Waals surface area contributed by atoms with E-state index in [4.69, 9.17) is 4.74 Å². The predicted octanol–water partition coefficient (Wildman–Crippen LogP) is 4.54. The normalized spacial score (nSPS) is 25.4. The fourth-order valence-electron chi connectivity index (χ4n) is 4.26. The number of alkyl halides is 3. The smallest absolute Gasteiger partial charge is 0.410 e. The van der Waals surface area contributed by atoms with Gasteiger partial charge >= 0.3 is 6.18 Å². The highest BCUT2D eigenvalue weighted by Gasteiger charge is 2.46. The van der Waals surface area contributed by atoms with Crippen LogP contribution < -0.4 is 10.1 Å². The van der Waals surface area contributed by atoms with E-state index in [1.165, 1.54) is 0 Å². The van der Waals surface area contributed by atoms with Gasteiger partial charge in [0.1, 0.15) is 11.6 Å². The lowest BCUT2D eigenvalue weighted by Gasteiger charge is -2.31. The average molecular weight is 394 g/mol. The summed E-state index contributed by atoms with van der Waals surface area (Å²) >= 11 is 0. The lowest BCUT2D eigenvalue weighted by molar-refractivity contribution is -0.173. The number of likely N-dealkylation sites (tertiary alicyclic amines) is 1. The molecule has 0 aliphatic carbocycles. The average Bonchev–Trinajstić information content (AvgIpc) is 3.27. The monoisotopic (exact) mass is 394 g/mol. The first-order valence-electron chi connectivity index (χ1n) is 9.65. The summed E-state index contributed by atoms with van der Waals surface area (Å²) in [6.45, 7) is 3.43. The van der Waals surface area contributed by atoms with E-state index >= 15 is 0 Å². The minimum Gasteiger partial charge on any atom is -0.497 e. The van der Waals surface area contributed by atoms with E-state index in [0.29, 0.717) is 5.82 Å². The van der Waals surface area contributed by atoms with Crippen LogP contribution in [0.3, 0.4) is 0 Å². The van der Waals surface area contributed by atoms with Crippen LogP contribution in [-0.2, 0) is 6.54 Å². The Morgan fingerprint density at radius 1 is 1.25 bits per heavy atom. The number of benzene rings is 1. The van der Waals surface area contributed by atoms with E-state index in [1.54, 1.807) is 20.1 Å². The van der Waals surface area contributed by atoms with Crippen molar-refractivity contribution in [3.8, 4) is 5.75 Å². The fourth-order valence-corrected chi connectivity index (χ4v) is 4.26. The third-order valence-corrected chi connectivity index (χ3v) is 5.65. The van der Waals surface area contributed by atoms with Crippen LogP contribution in [0.4, 0.5) is 19.0 Å². The first-order chi connectivity index (χ1) is 13.3. The van der Waals surface area contributed by atoms with Crippen molar-refractivity contribution in [3.63, 3.8) is 0 Å². The van der Waals surface area contributed by atoms with E-state index < -0.39 is 12.2 Å². The molecule has 1 aromatic carbocycles. The molecule has 1 fully saturated rings. The molecular weight excluding hydrogens is 369 g/mol. The number of methoxy groups -OCH3 is 1. The van der Waals surface area contributed by atoms with Gasteiger partial charge in [-0.2, -0.15) is 18.3 Å². The summed E-state index contributed by atoms with van der Waals surface area (Å²) in [4.78, 5) is 2.29. The lowest BCUT2D eigenvalue weighted by Crippen LogP contribution is -2.37. The van der Waals surface area contributed by atoms with Gasteiger partial charge in [0.25, 0.3) is 0 Å². The molecule has 152 valence electrons. The molecule has 8 heteroatoms. The number of nitrogens with zero attached hydrogens (tertiary/aromatic N) is 3. The van der Waals surface area contributed by atoms with Crippen molar-refractivity contribution < 1.29 is 17.9 Å². The molecule has 3 atom stereocenters. The molecule has 2 aliphatic rings. The molecule has 0 radical (unpaired) electrons. The maximum atomic E-state index is 13.5. The quantitative estimate of drug-likeness (QED) is 0.827. The van der Waals surface area contributed by atoms with E-state index in [0.717, 1.165) is 47.6 Å². The number of rotatable bonds is 4. The molecule has 2 aromatic rings. The Balaban J connectivity index is 1.56. The fraction of sp³-hybridized carbons (Fsp3) is 0.550. The summed E-state index contributed by atoms with van der Waals surface area (Å²) in [6, 6.07) is 7.93. The highest BCUT2D eigenvalue weighted by Crippen LogP contribution is 2.41. The lowest BCUT2D eigenvalue weighted by atomic mass is 10.1. The van der Waals surface area contributed by atoms with Gasteiger partial charge in [-0.1, -0.05) is 12.1 Å². The van der Waals surface area contributed by atoms with Crippen molar-refractivity contribution in [1.82, 2.24) is 14.7 Å². The van der Waals surface area contributed by atoms with Crippen molar-refractivity contribution >= 4 is 5.82 Å². The van der Waals surface area contributed by atoms with Gasteiger partial charge in [0.2, 0.25) is 0 Å². The summed E-state index contributed by atoms with van der Waals surface area (Å²) in [5.41, 5.74) is 1.87. The van der Waals surface area contributed by atoms with Crippen molar-refractivity contribution in [2.24, 2.45) is 0 Å². The zero-order valence-electron chi connectivity index (χ0n) is 16.0. The van der Waals surface area contributed by atoms with E-state index in [-0.39, 0.29) is 18.5 Å². The Morgan fingerprint density at radius 2 is 2.00 bits per heavy atom. The molecule has 0 unspecified atom stereocenters. The Bertz CT molecular complexity index is 818. The molecule has 1 aromatic heterocycles. The number of hydrogen-bond donors (Lipinski definition) is 1. The maximum absolute atomic E-state index is 13.5. The Labute approximate surface area is 162 Å². The van der Waals surface area contributed by atoms with E-state index in [9.17, 15) is 13.2 Å². The van der Waals surface area contributed by atoms with Gasteiger partial charge in [-0.15, -0.1) is 0 Å².